The summed E-state index contributed by atoms with van der Waals surface area (Å²) in [6.45, 7) is 0.696. The van der Waals surface area contributed by atoms with E-state index in [1.54, 1.807) is 0 Å². The average Bonchev–Trinajstić information content (AvgIpc) is 4.33. The maximum Gasteiger partial charge on any atom is 0.238 e. The highest BCUT2D eigenvalue weighted by molar-refractivity contribution is 6.09. The SMILES string of the molecule is N#Cc1ccc(-c2ccc3c(c2)N(CC24CC5CC(CC(C5)C2)C4)C(=O)C3(Cc2cn(C(c3ccccc3)(c3ccccc3)c3ccccc3)cn2)Cc2cn(C(c3ccccc3)(c3ccccc3)c3ccccc3)cn2)cc1. The number of rotatable bonds is 15. The standard InChI is InChI=1S/C72H62N6O/c73-46-52-31-33-56(34-32-52)57-35-36-66-67(40-57)78(49-69-41-53-37-54(42-69)39-55(38-53)43-69)68(79)70(66,44-64-47-76(50-74-64)71(58-19-7-1-8-20-58,59-21-9-2-10-22-59)60-23-11-3-12-24-60)45-65-48-77(51-75-65)72(61-25-13-4-14-26-61,62-27-15-5-16-28-62)63-29-17-6-18-30-63/h1-36,40,47-48,50-51,53-55H,37-39,41-45,49H2. The first-order valence-electron chi connectivity index (χ1n) is 28.2. The Morgan fingerprint density at radius 3 is 1.22 bits per heavy atom. The molecule has 7 nitrogen and oxygen atoms in total. The van der Waals surface area contributed by atoms with Gasteiger partial charge in [-0.25, -0.2) is 9.97 Å². The van der Waals surface area contributed by atoms with Gasteiger partial charge in [-0.15, -0.1) is 0 Å². The van der Waals surface area contributed by atoms with Crippen molar-refractivity contribution in [1.29, 1.82) is 5.26 Å². The molecular formula is C72H62N6O. The normalized spacial score (nSPS) is 20.0. The third-order valence-corrected chi connectivity index (χ3v) is 18.6. The topological polar surface area (TPSA) is 79.7 Å². The van der Waals surface area contributed by atoms with Crippen molar-refractivity contribution in [3.05, 3.63) is 305 Å². The van der Waals surface area contributed by atoms with Crippen molar-refractivity contribution in [3.8, 4) is 17.2 Å². The van der Waals surface area contributed by atoms with Crippen molar-refractivity contribution in [2.24, 2.45) is 23.2 Å². The van der Waals surface area contributed by atoms with Gasteiger partial charge in [0.05, 0.1) is 41.1 Å². The largest absolute Gasteiger partial charge is 0.319 e. The number of nitriles is 1. The average molecular weight is 1030 g/mol. The number of benzene rings is 8. The van der Waals surface area contributed by atoms with E-state index in [1.165, 1.54) is 38.5 Å². The van der Waals surface area contributed by atoms with Gasteiger partial charge in [-0.3, -0.25) is 4.79 Å². The van der Waals surface area contributed by atoms with E-state index in [0.29, 0.717) is 24.9 Å². The van der Waals surface area contributed by atoms with E-state index in [4.69, 9.17) is 9.97 Å². The second kappa shape index (κ2) is 19.6. The van der Waals surface area contributed by atoms with Gasteiger partial charge in [0.25, 0.3) is 0 Å². The lowest BCUT2D eigenvalue weighted by Gasteiger charge is -2.57. The third kappa shape index (κ3) is 8.10. The fourth-order valence-corrected chi connectivity index (χ4v) is 15.8. The number of carbonyl (C=O) groups excluding carboxylic acids is 1. The number of amides is 1. The monoisotopic (exact) mass is 1030 g/mol. The summed E-state index contributed by atoms with van der Waals surface area (Å²) >= 11 is 0. The summed E-state index contributed by atoms with van der Waals surface area (Å²) in [6.07, 6.45) is 16.6. The fraction of sp³-hybridized carbons (Fsp3) is 0.222. The molecule has 8 aromatic carbocycles. The van der Waals surface area contributed by atoms with Crippen LogP contribution < -0.4 is 4.90 Å². The van der Waals surface area contributed by atoms with Crippen molar-refractivity contribution < 1.29 is 4.79 Å². The number of hydrogen-bond acceptors (Lipinski definition) is 4. The zero-order chi connectivity index (χ0) is 53.0. The van der Waals surface area contributed by atoms with E-state index in [2.05, 4.69) is 233 Å². The van der Waals surface area contributed by atoms with Crippen molar-refractivity contribution >= 4 is 11.6 Å². The summed E-state index contributed by atoms with van der Waals surface area (Å²) in [4.78, 5) is 29.9. The van der Waals surface area contributed by atoms with Crippen LogP contribution in [0.1, 0.15) is 94.4 Å². The van der Waals surface area contributed by atoms with Crippen LogP contribution in [0.4, 0.5) is 5.69 Å². The molecule has 0 saturated heterocycles. The molecule has 4 fully saturated rings. The predicted molar refractivity (Wildman–Crippen MR) is 312 cm³/mol. The van der Waals surface area contributed by atoms with E-state index < -0.39 is 16.5 Å². The molecule has 10 aromatic rings. The van der Waals surface area contributed by atoms with Gasteiger partial charge in [-0.1, -0.05) is 206 Å². The Kier molecular flexibility index (Phi) is 12.0. The number of anilines is 1. The van der Waals surface area contributed by atoms with E-state index in [-0.39, 0.29) is 11.3 Å². The minimum absolute atomic E-state index is 0.0622. The van der Waals surface area contributed by atoms with E-state index in [1.807, 2.05) is 36.9 Å². The van der Waals surface area contributed by atoms with Crippen LogP contribution in [0.15, 0.2) is 250 Å². The van der Waals surface area contributed by atoms with Gasteiger partial charge in [-0.2, -0.15) is 5.26 Å². The number of aromatic nitrogens is 4. The molecule has 0 spiro atoms. The zero-order valence-electron chi connectivity index (χ0n) is 44.4. The van der Waals surface area contributed by atoms with E-state index >= 15 is 4.79 Å². The lowest BCUT2D eigenvalue weighted by molar-refractivity contribution is -0.124. The lowest BCUT2D eigenvalue weighted by Crippen LogP contribution is -2.53. The van der Waals surface area contributed by atoms with Gasteiger partial charge >= 0.3 is 0 Å². The summed E-state index contributed by atoms with van der Waals surface area (Å²) < 4.78 is 4.56. The van der Waals surface area contributed by atoms with Crippen LogP contribution in [0, 0.1) is 34.5 Å². The molecule has 7 heteroatoms. The highest BCUT2D eigenvalue weighted by Gasteiger charge is 2.57. The first kappa shape index (κ1) is 48.5. The van der Waals surface area contributed by atoms with Gasteiger partial charge in [0.2, 0.25) is 5.91 Å². The number of carbonyl (C=O) groups is 1. The number of hydrogen-bond donors (Lipinski definition) is 0. The third-order valence-electron chi connectivity index (χ3n) is 18.6. The zero-order valence-corrected chi connectivity index (χ0v) is 44.4. The first-order valence-corrected chi connectivity index (χ1v) is 28.2. The van der Waals surface area contributed by atoms with Crippen LogP contribution in [-0.4, -0.2) is 31.6 Å². The van der Waals surface area contributed by atoms with Crippen molar-refractivity contribution in [3.63, 3.8) is 0 Å². The summed E-state index contributed by atoms with van der Waals surface area (Å²) in [7, 11) is 0. The molecule has 386 valence electrons. The summed E-state index contributed by atoms with van der Waals surface area (Å²) in [5.41, 5.74) is 10.3. The molecule has 5 aliphatic rings. The number of nitrogens with zero attached hydrogens (tertiary/aromatic N) is 6. The van der Waals surface area contributed by atoms with E-state index in [9.17, 15) is 5.26 Å². The lowest BCUT2D eigenvalue weighted by atomic mass is 9.49. The summed E-state index contributed by atoms with van der Waals surface area (Å²) in [6, 6.07) is 81.2. The van der Waals surface area contributed by atoms with Crippen LogP contribution in [0.3, 0.4) is 0 Å². The highest BCUT2D eigenvalue weighted by Crippen LogP contribution is 2.61. The van der Waals surface area contributed by atoms with Gasteiger partial charge < -0.3 is 14.0 Å². The fourth-order valence-electron chi connectivity index (χ4n) is 15.8. The van der Waals surface area contributed by atoms with Crippen LogP contribution in [0.25, 0.3) is 11.1 Å². The molecule has 0 radical (unpaired) electrons. The van der Waals surface area contributed by atoms with Crippen molar-refractivity contribution in [2.45, 2.75) is 67.9 Å². The molecule has 1 aliphatic heterocycles. The maximum absolute atomic E-state index is 16.9. The maximum atomic E-state index is 16.9. The Morgan fingerprint density at radius 1 is 0.481 bits per heavy atom. The van der Waals surface area contributed by atoms with Crippen LogP contribution in [0.5, 0.6) is 0 Å². The van der Waals surface area contributed by atoms with Gasteiger partial charge in [0.15, 0.2) is 0 Å². The second-order valence-corrected chi connectivity index (χ2v) is 23.3. The minimum Gasteiger partial charge on any atom is -0.319 e. The molecule has 15 rings (SSSR count). The molecule has 4 saturated carbocycles. The molecule has 3 heterocycles. The van der Waals surface area contributed by atoms with Crippen molar-refractivity contribution in [1.82, 2.24) is 19.1 Å². The molecule has 79 heavy (non-hydrogen) atoms. The molecule has 4 aliphatic carbocycles. The summed E-state index contributed by atoms with van der Waals surface area (Å²) in [5, 5.41) is 9.77. The van der Waals surface area contributed by atoms with Gasteiger partial charge in [-0.05, 0) is 130 Å². The Labute approximate surface area is 463 Å². The molecule has 2 aromatic heterocycles. The molecule has 0 unspecified atom stereocenters. The Morgan fingerprint density at radius 2 is 0.848 bits per heavy atom. The predicted octanol–water partition coefficient (Wildman–Crippen LogP) is 14.6. The van der Waals surface area contributed by atoms with Crippen LogP contribution in [-0.2, 0) is 34.1 Å². The number of fused-ring (bicyclic) bond motifs is 1. The van der Waals surface area contributed by atoms with Crippen LogP contribution in [0.2, 0.25) is 0 Å². The van der Waals surface area contributed by atoms with Gasteiger partial charge in [0, 0.05) is 37.5 Å². The van der Waals surface area contributed by atoms with Crippen molar-refractivity contribution in [2.75, 3.05) is 11.4 Å². The Bertz CT molecular complexity index is 3430. The van der Waals surface area contributed by atoms with Gasteiger partial charge in [0.1, 0.15) is 11.1 Å². The molecule has 1 amide bonds. The second-order valence-electron chi connectivity index (χ2n) is 23.3. The molecule has 0 N–H and O–H groups in total. The van der Waals surface area contributed by atoms with E-state index in [0.717, 1.165) is 84.9 Å². The molecule has 4 bridgehead atoms. The quantitative estimate of drug-likeness (QED) is 0.0958. The molecule has 0 atom stereocenters. The Hall–Kier alpha value is -8.86. The summed E-state index contributed by atoms with van der Waals surface area (Å²) in [5.74, 6) is 2.29. The highest BCUT2D eigenvalue weighted by atomic mass is 16.2. The minimum atomic E-state index is -1.09. The number of imidazole rings is 2. The molecular weight excluding hydrogens is 965 g/mol. The van der Waals surface area contributed by atoms with Crippen LogP contribution >= 0.6 is 0 Å². The smallest absolute Gasteiger partial charge is 0.238 e. The first-order chi connectivity index (χ1) is 38.9. The Balaban J connectivity index is 0.964.